The van der Waals surface area contributed by atoms with Crippen LogP contribution in [0.25, 0.3) is 0 Å². The van der Waals surface area contributed by atoms with Gasteiger partial charge in [0, 0.05) is 10.9 Å². The summed E-state index contributed by atoms with van der Waals surface area (Å²) < 4.78 is 4.09. The molecule has 0 fully saturated rings. The number of aryl methyl sites for hydroxylation is 1. The number of nitrogens with two attached hydrogens (primary N) is 2. The number of hydrogen-bond donors (Lipinski definition) is 2. The smallest absolute Gasteiger partial charge is 0.186 e. The van der Waals surface area contributed by atoms with Crippen LogP contribution in [0.4, 0.5) is 0 Å². The highest BCUT2D eigenvalue weighted by Crippen LogP contribution is 2.09. The van der Waals surface area contributed by atoms with Gasteiger partial charge in [-0.05, 0) is 18.5 Å². The van der Waals surface area contributed by atoms with E-state index >= 15 is 0 Å². The first-order chi connectivity index (χ1) is 5.20. The predicted molar refractivity (Wildman–Crippen MR) is 46.4 cm³/mol. The molecule has 1 aromatic heterocycles. The lowest BCUT2D eigenvalue weighted by Gasteiger charge is -1.92. The lowest BCUT2D eigenvalue weighted by Crippen LogP contribution is -2.22. The van der Waals surface area contributed by atoms with Crippen molar-refractivity contribution in [2.45, 2.75) is 13.5 Å². The zero-order chi connectivity index (χ0) is 8.27. The van der Waals surface area contributed by atoms with E-state index in [-0.39, 0.29) is 5.96 Å². The van der Waals surface area contributed by atoms with Gasteiger partial charge < -0.3 is 11.5 Å². The number of rotatable bonds is 2. The number of guanidine groups is 1. The normalized spacial score (nSPS) is 9.55. The minimum Gasteiger partial charge on any atom is -0.370 e. The molecule has 1 rings (SSSR count). The molecule has 0 saturated carbocycles. The largest absolute Gasteiger partial charge is 0.370 e. The van der Waals surface area contributed by atoms with Gasteiger partial charge in [0.2, 0.25) is 0 Å². The Labute approximate surface area is 69.1 Å². The van der Waals surface area contributed by atoms with Gasteiger partial charge in [0.15, 0.2) is 5.96 Å². The molecule has 0 amide bonds. The maximum absolute atomic E-state index is 5.17. The summed E-state index contributed by atoms with van der Waals surface area (Å²) >= 11 is 1.42. The lowest BCUT2D eigenvalue weighted by atomic mass is 10.3. The summed E-state index contributed by atoms with van der Waals surface area (Å²) in [6.07, 6.45) is 0. The maximum atomic E-state index is 5.17. The van der Waals surface area contributed by atoms with Crippen molar-refractivity contribution in [2.24, 2.45) is 16.5 Å². The fourth-order valence-electron chi connectivity index (χ4n) is 0.641. The summed E-state index contributed by atoms with van der Waals surface area (Å²) in [6.45, 7) is 2.47. The summed E-state index contributed by atoms with van der Waals surface area (Å²) in [7, 11) is 0. The van der Waals surface area contributed by atoms with E-state index in [0.717, 1.165) is 11.3 Å². The van der Waals surface area contributed by atoms with Gasteiger partial charge in [-0.25, -0.2) is 4.99 Å². The minimum absolute atomic E-state index is 0.121. The third-order valence-corrected chi connectivity index (χ3v) is 2.05. The van der Waals surface area contributed by atoms with E-state index < -0.39 is 0 Å². The summed E-state index contributed by atoms with van der Waals surface area (Å²) in [4.78, 5) is 3.87. The Kier molecular flexibility index (Phi) is 2.43. The highest BCUT2D eigenvalue weighted by atomic mass is 32.1. The van der Waals surface area contributed by atoms with Crippen molar-refractivity contribution >= 4 is 17.5 Å². The van der Waals surface area contributed by atoms with Crippen molar-refractivity contribution in [3.63, 3.8) is 0 Å². The molecule has 4 nitrogen and oxygen atoms in total. The lowest BCUT2D eigenvalue weighted by molar-refractivity contribution is 1.03. The minimum atomic E-state index is 0.121. The zero-order valence-corrected chi connectivity index (χ0v) is 7.06. The van der Waals surface area contributed by atoms with Gasteiger partial charge in [-0.15, -0.1) is 0 Å². The van der Waals surface area contributed by atoms with Crippen LogP contribution < -0.4 is 11.5 Å². The quantitative estimate of drug-likeness (QED) is 0.492. The molecule has 0 saturated heterocycles. The highest BCUT2D eigenvalue weighted by Gasteiger charge is 1.98. The van der Waals surface area contributed by atoms with E-state index in [2.05, 4.69) is 9.37 Å². The Bertz CT molecular complexity index is 261. The topological polar surface area (TPSA) is 77.3 Å². The van der Waals surface area contributed by atoms with Crippen LogP contribution in [-0.2, 0) is 6.54 Å². The Balaban J connectivity index is 2.65. The monoisotopic (exact) mass is 170 g/mol. The Morgan fingerprint density at radius 1 is 1.73 bits per heavy atom. The number of nitrogens with zero attached hydrogens (tertiary/aromatic N) is 2. The molecule has 11 heavy (non-hydrogen) atoms. The van der Waals surface area contributed by atoms with Crippen LogP contribution in [0, 0.1) is 6.92 Å². The molecule has 0 aromatic carbocycles. The Morgan fingerprint density at radius 3 is 2.91 bits per heavy atom. The standard InChI is InChI=1S/C6H10N4S/c1-4-5(3-11-10-4)2-9-6(7)8/h3H,2H2,1H3,(H4,7,8,9). The first-order valence-electron chi connectivity index (χ1n) is 3.15. The Morgan fingerprint density at radius 2 is 2.45 bits per heavy atom. The molecule has 0 aliphatic rings. The molecule has 0 atom stereocenters. The maximum Gasteiger partial charge on any atom is 0.186 e. The molecule has 0 aliphatic heterocycles. The SMILES string of the molecule is Cc1nscc1CN=C(N)N. The van der Waals surface area contributed by atoms with Gasteiger partial charge in [0.1, 0.15) is 0 Å². The second-order valence-electron chi connectivity index (χ2n) is 2.17. The second-order valence-corrected chi connectivity index (χ2v) is 2.80. The van der Waals surface area contributed by atoms with E-state index in [1.807, 2.05) is 12.3 Å². The second kappa shape index (κ2) is 3.34. The molecule has 0 radical (unpaired) electrons. The fourth-order valence-corrected chi connectivity index (χ4v) is 1.34. The number of aromatic nitrogens is 1. The molecule has 5 heteroatoms. The predicted octanol–water partition coefficient (Wildman–Crippen LogP) is 0.225. The third-order valence-electron chi connectivity index (χ3n) is 1.28. The van der Waals surface area contributed by atoms with Gasteiger partial charge in [-0.1, -0.05) is 0 Å². The summed E-state index contributed by atoms with van der Waals surface area (Å²) in [6, 6.07) is 0. The van der Waals surface area contributed by atoms with Crippen LogP contribution in [0.2, 0.25) is 0 Å². The molecule has 60 valence electrons. The van der Waals surface area contributed by atoms with E-state index in [4.69, 9.17) is 11.5 Å². The van der Waals surface area contributed by atoms with Crippen LogP contribution in [0.5, 0.6) is 0 Å². The van der Waals surface area contributed by atoms with Crippen LogP contribution in [0.1, 0.15) is 11.3 Å². The van der Waals surface area contributed by atoms with Gasteiger partial charge in [-0.2, -0.15) is 4.37 Å². The van der Waals surface area contributed by atoms with Crippen molar-refractivity contribution in [1.82, 2.24) is 4.37 Å². The van der Waals surface area contributed by atoms with E-state index in [9.17, 15) is 0 Å². The van der Waals surface area contributed by atoms with Gasteiger partial charge in [-0.3, -0.25) is 0 Å². The number of hydrogen-bond acceptors (Lipinski definition) is 3. The van der Waals surface area contributed by atoms with E-state index in [0.29, 0.717) is 6.54 Å². The average molecular weight is 170 g/mol. The molecule has 0 aliphatic carbocycles. The summed E-state index contributed by atoms with van der Waals surface area (Å²) in [5, 5.41) is 1.95. The highest BCUT2D eigenvalue weighted by molar-refractivity contribution is 7.03. The molecule has 0 unspecified atom stereocenters. The fraction of sp³-hybridized carbons (Fsp3) is 0.333. The molecule has 0 spiro atoms. The van der Waals surface area contributed by atoms with Crippen molar-refractivity contribution in [2.75, 3.05) is 0 Å². The molecular formula is C6H10N4S. The Hall–Kier alpha value is -1.10. The van der Waals surface area contributed by atoms with Gasteiger partial charge >= 0.3 is 0 Å². The van der Waals surface area contributed by atoms with Crippen molar-refractivity contribution in [1.29, 1.82) is 0 Å². The molecular weight excluding hydrogens is 160 g/mol. The van der Waals surface area contributed by atoms with Crippen molar-refractivity contribution < 1.29 is 0 Å². The van der Waals surface area contributed by atoms with Gasteiger partial charge in [0.05, 0.1) is 12.2 Å². The molecule has 1 aromatic rings. The van der Waals surface area contributed by atoms with E-state index in [1.165, 1.54) is 11.5 Å². The average Bonchev–Trinajstić information content (AvgIpc) is 2.31. The first kappa shape index (κ1) is 8.00. The molecule has 0 bridgehead atoms. The first-order valence-corrected chi connectivity index (χ1v) is 3.99. The summed E-state index contributed by atoms with van der Waals surface area (Å²) in [5.41, 5.74) is 12.4. The van der Waals surface area contributed by atoms with E-state index in [1.54, 1.807) is 0 Å². The molecule has 1 heterocycles. The van der Waals surface area contributed by atoms with Crippen LogP contribution >= 0.6 is 11.5 Å². The third kappa shape index (κ3) is 2.19. The van der Waals surface area contributed by atoms with Crippen molar-refractivity contribution in [3.8, 4) is 0 Å². The molecule has 4 N–H and O–H groups in total. The number of aliphatic imine (C=N–C) groups is 1. The van der Waals surface area contributed by atoms with Crippen LogP contribution in [0.15, 0.2) is 10.4 Å². The summed E-state index contributed by atoms with van der Waals surface area (Å²) in [5.74, 6) is 0.121. The van der Waals surface area contributed by atoms with Crippen LogP contribution in [0.3, 0.4) is 0 Å². The van der Waals surface area contributed by atoms with Crippen molar-refractivity contribution in [3.05, 3.63) is 16.6 Å². The zero-order valence-electron chi connectivity index (χ0n) is 6.24. The van der Waals surface area contributed by atoms with Gasteiger partial charge in [0.25, 0.3) is 0 Å². The van der Waals surface area contributed by atoms with Crippen LogP contribution in [-0.4, -0.2) is 10.3 Å².